The minimum Gasteiger partial charge on any atom is -0.379 e. The average molecular weight is 501 g/mol. The molecule has 0 N–H and O–H groups in total. The number of rotatable bonds is 7. The van der Waals surface area contributed by atoms with Gasteiger partial charge in [-0.25, -0.2) is 4.98 Å². The molecule has 0 atom stereocenters. The Morgan fingerprint density at radius 1 is 1.00 bits per heavy atom. The van der Waals surface area contributed by atoms with Gasteiger partial charge < -0.3 is 4.74 Å². The second kappa shape index (κ2) is 10.6. The van der Waals surface area contributed by atoms with Crippen LogP contribution < -0.4 is 4.90 Å². The fraction of sp³-hybridized carbons (Fsp3) is 0.333. The third-order valence-corrected chi connectivity index (χ3v) is 7.01. The number of benzene rings is 2. The highest BCUT2D eigenvalue weighted by Crippen LogP contribution is 2.29. The maximum absolute atomic E-state index is 13.4. The molecule has 2 aliphatic heterocycles. The number of thiazole rings is 1. The van der Waals surface area contributed by atoms with Crippen molar-refractivity contribution < 1.29 is 19.1 Å². The highest BCUT2D eigenvalue weighted by Gasteiger charge is 2.37. The molecule has 2 aliphatic rings. The fourth-order valence-corrected chi connectivity index (χ4v) is 5.19. The van der Waals surface area contributed by atoms with Gasteiger partial charge in [-0.15, -0.1) is 12.4 Å². The van der Waals surface area contributed by atoms with Crippen LogP contribution in [0.5, 0.6) is 0 Å². The van der Waals surface area contributed by atoms with Gasteiger partial charge in [0.25, 0.3) is 11.8 Å². The van der Waals surface area contributed by atoms with E-state index in [1.165, 1.54) is 11.3 Å². The van der Waals surface area contributed by atoms with Gasteiger partial charge in [0.2, 0.25) is 5.91 Å². The molecule has 0 saturated carbocycles. The Morgan fingerprint density at radius 2 is 1.65 bits per heavy atom. The number of hydrogen-bond acceptors (Lipinski definition) is 7. The summed E-state index contributed by atoms with van der Waals surface area (Å²) in [4.78, 5) is 48.6. The molecule has 0 unspecified atom stereocenters. The molecule has 178 valence electrons. The highest BCUT2D eigenvalue weighted by atomic mass is 35.5. The second-order valence-electron chi connectivity index (χ2n) is 8.06. The van der Waals surface area contributed by atoms with Crippen molar-refractivity contribution in [2.75, 3.05) is 50.8 Å². The topological polar surface area (TPSA) is 83.1 Å². The number of para-hydroxylation sites is 1. The van der Waals surface area contributed by atoms with Crippen molar-refractivity contribution >= 4 is 56.8 Å². The Morgan fingerprint density at radius 3 is 2.32 bits per heavy atom. The molecule has 0 bridgehead atoms. The number of nitrogens with zero attached hydrogens (tertiary/aromatic N) is 4. The molecule has 8 nitrogen and oxygen atoms in total. The van der Waals surface area contributed by atoms with Gasteiger partial charge in [0.1, 0.15) is 6.54 Å². The summed E-state index contributed by atoms with van der Waals surface area (Å²) in [6, 6.07) is 14.4. The first-order valence-corrected chi connectivity index (χ1v) is 11.8. The summed E-state index contributed by atoms with van der Waals surface area (Å²) >= 11 is 1.44. The van der Waals surface area contributed by atoms with Crippen LogP contribution in [0.3, 0.4) is 0 Å². The third-order valence-electron chi connectivity index (χ3n) is 5.95. The minimum absolute atomic E-state index is 0. The summed E-state index contributed by atoms with van der Waals surface area (Å²) in [6.45, 7) is 4.19. The summed E-state index contributed by atoms with van der Waals surface area (Å²) in [5.74, 6) is -1.17. The first-order valence-electron chi connectivity index (χ1n) is 11.0. The number of ether oxygens (including phenoxy) is 1. The molecule has 3 aromatic rings. The fourth-order valence-electron chi connectivity index (χ4n) is 4.18. The zero-order valence-corrected chi connectivity index (χ0v) is 20.1. The van der Waals surface area contributed by atoms with Crippen LogP contribution in [-0.2, 0) is 9.53 Å². The van der Waals surface area contributed by atoms with Gasteiger partial charge in [-0.1, -0.05) is 35.6 Å². The van der Waals surface area contributed by atoms with Crippen molar-refractivity contribution in [1.82, 2.24) is 14.8 Å². The lowest BCUT2D eigenvalue weighted by atomic mass is 10.1. The largest absolute Gasteiger partial charge is 0.379 e. The molecule has 1 fully saturated rings. The third kappa shape index (κ3) is 4.83. The summed E-state index contributed by atoms with van der Waals surface area (Å²) in [5.41, 5.74) is 1.51. The Bertz CT molecular complexity index is 1140. The molecule has 1 aromatic heterocycles. The van der Waals surface area contributed by atoms with E-state index >= 15 is 0 Å². The first kappa shape index (κ1) is 24.3. The van der Waals surface area contributed by atoms with Crippen LogP contribution in [0.15, 0.2) is 48.5 Å². The summed E-state index contributed by atoms with van der Waals surface area (Å²) < 4.78 is 6.39. The molecular weight excluding hydrogens is 476 g/mol. The van der Waals surface area contributed by atoms with Crippen molar-refractivity contribution in [3.63, 3.8) is 0 Å². The predicted octanol–water partition coefficient (Wildman–Crippen LogP) is 3.07. The summed E-state index contributed by atoms with van der Waals surface area (Å²) in [5, 5.41) is 0.583. The van der Waals surface area contributed by atoms with Gasteiger partial charge in [0.05, 0.1) is 34.6 Å². The quantitative estimate of drug-likeness (QED) is 0.464. The number of carbonyl (C=O) groups excluding carboxylic acids is 3. The monoisotopic (exact) mass is 500 g/mol. The van der Waals surface area contributed by atoms with Gasteiger partial charge in [-0.2, -0.15) is 0 Å². The van der Waals surface area contributed by atoms with Crippen molar-refractivity contribution in [2.45, 2.75) is 6.42 Å². The van der Waals surface area contributed by atoms with E-state index in [1.54, 1.807) is 29.2 Å². The standard InChI is InChI=1S/C24H24N4O4S.ClH/c29-21(16-28-22(30)17-6-1-2-7-18(17)23(28)31)27(11-5-10-26-12-14-32-15-13-26)24-25-19-8-3-4-9-20(19)33-24;/h1-4,6-9H,5,10-16H2;1H. The number of carbonyl (C=O) groups is 3. The predicted molar refractivity (Wildman–Crippen MR) is 133 cm³/mol. The van der Waals surface area contributed by atoms with E-state index in [4.69, 9.17) is 4.74 Å². The lowest BCUT2D eigenvalue weighted by Crippen LogP contribution is -2.44. The zero-order valence-electron chi connectivity index (χ0n) is 18.5. The lowest BCUT2D eigenvalue weighted by molar-refractivity contribution is -0.119. The highest BCUT2D eigenvalue weighted by molar-refractivity contribution is 7.22. The van der Waals surface area contributed by atoms with Gasteiger partial charge in [-0.05, 0) is 30.7 Å². The number of amides is 3. The SMILES string of the molecule is Cl.O=C1c2ccccc2C(=O)N1CC(=O)N(CCCN1CCOCC1)c1nc2ccccc2s1. The molecule has 5 rings (SSSR count). The summed E-state index contributed by atoms with van der Waals surface area (Å²) in [7, 11) is 0. The van der Waals surface area contributed by atoms with Crippen LogP contribution in [0.25, 0.3) is 10.2 Å². The van der Waals surface area contributed by atoms with E-state index in [1.807, 2.05) is 24.3 Å². The molecule has 2 aromatic carbocycles. The van der Waals surface area contributed by atoms with E-state index < -0.39 is 11.8 Å². The van der Waals surface area contributed by atoms with Gasteiger partial charge in [0.15, 0.2) is 5.13 Å². The first-order chi connectivity index (χ1) is 16.1. The van der Waals surface area contributed by atoms with Gasteiger partial charge in [0, 0.05) is 26.2 Å². The van der Waals surface area contributed by atoms with E-state index in [0.717, 1.165) is 54.4 Å². The average Bonchev–Trinajstić information content (AvgIpc) is 3.37. The van der Waals surface area contributed by atoms with Crippen molar-refractivity contribution in [1.29, 1.82) is 0 Å². The minimum atomic E-state index is -0.429. The maximum atomic E-state index is 13.4. The van der Waals surface area contributed by atoms with Crippen molar-refractivity contribution in [3.8, 4) is 0 Å². The maximum Gasteiger partial charge on any atom is 0.262 e. The molecule has 34 heavy (non-hydrogen) atoms. The Labute approximate surface area is 207 Å². The van der Waals surface area contributed by atoms with Crippen molar-refractivity contribution in [3.05, 3.63) is 59.7 Å². The molecule has 0 spiro atoms. The number of imide groups is 1. The van der Waals surface area contributed by atoms with Gasteiger partial charge in [-0.3, -0.25) is 29.1 Å². The number of morpholine rings is 1. The van der Waals surface area contributed by atoms with E-state index in [0.29, 0.717) is 22.8 Å². The van der Waals surface area contributed by atoms with E-state index in [9.17, 15) is 14.4 Å². The number of hydrogen-bond donors (Lipinski definition) is 0. The van der Waals surface area contributed by atoms with Crippen molar-refractivity contribution in [2.24, 2.45) is 0 Å². The van der Waals surface area contributed by atoms with Crippen LogP contribution in [0.2, 0.25) is 0 Å². The zero-order chi connectivity index (χ0) is 22.8. The van der Waals surface area contributed by atoms with Gasteiger partial charge >= 0.3 is 0 Å². The van der Waals surface area contributed by atoms with Crippen LogP contribution >= 0.6 is 23.7 Å². The number of anilines is 1. The lowest BCUT2D eigenvalue weighted by Gasteiger charge is -2.28. The number of aromatic nitrogens is 1. The number of fused-ring (bicyclic) bond motifs is 2. The molecule has 3 amide bonds. The molecular formula is C24H25ClN4O4S. The smallest absolute Gasteiger partial charge is 0.262 e. The molecule has 0 aliphatic carbocycles. The van der Waals surface area contributed by atoms with Crippen LogP contribution in [0.4, 0.5) is 5.13 Å². The normalized spacial score (nSPS) is 15.9. The van der Waals surface area contributed by atoms with E-state index in [-0.39, 0.29) is 24.9 Å². The molecule has 0 radical (unpaired) electrons. The Balaban J connectivity index is 0.00000274. The summed E-state index contributed by atoms with van der Waals surface area (Å²) in [6.07, 6.45) is 0.754. The van der Waals surface area contributed by atoms with Crippen LogP contribution in [0, 0.1) is 0 Å². The molecule has 3 heterocycles. The molecule has 10 heteroatoms. The van der Waals surface area contributed by atoms with Crippen LogP contribution in [0.1, 0.15) is 27.1 Å². The van der Waals surface area contributed by atoms with E-state index in [2.05, 4.69) is 9.88 Å². The number of halogens is 1. The van der Waals surface area contributed by atoms with Crippen LogP contribution in [-0.4, -0.2) is 78.4 Å². The molecule has 1 saturated heterocycles. The second-order valence-corrected chi connectivity index (χ2v) is 9.07. The Hall–Kier alpha value is -2.85. The Kier molecular flexibility index (Phi) is 7.57.